The van der Waals surface area contributed by atoms with Gasteiger partial charge >= 0.3 is 5.97 Å². The Morgan fingerprint density at radius 3 is 2.47 bits per heavy atom. The van der Waals surface area contributed by atoms with Crippen molar-refractivity contribution < 1.29 is 9.53 Å². The van der Waals surface area contributed by atoms with Crippen LogP contribution in [0.25, 0.3) is 0 Å². The minimum absolute atomic E-state index is 0.0267. The van der Waals surface area contributed by atoms with E-state index in [1.165, 1.54) is 0 Å². The van der Waals surface area contributed by atoms with Crippen molar-refractivity contribution in [2.24, 2.45) is 5.41 Å². The summed E-state index contributed by atoms with van der Waals surface area (Å²) in [6.45, 7) is 13.1. The molecule has 2 heterocycles. The molecule has 2 aliphatic rings. The maximum absolute atomic E-state index is 11.9. The molecule has 2 aliphatic heterocycles. The summed E-state index contributed by atoms with van der Waals surface area (Å²) < 4.78 is 5.55. The Kier molecular flexibility index (Phi) is 2.85. The van der Waals surface area contributed by atoms with Crippen molar-refractivity contribution in [3.05, 3.63) is 0 Å². The lowest BCUT2D eigenvalue weighted by Crippen LogP contribution is -2.65. The van der Waals surface area contributed by atoms with Gasteiger partial charge in [-0.1, -0.05) is 33.5 Å². The zero-order valence-corrected chi connectivity index (χ0v) is 11.8. The predicted molar refractivity (Wildman–Crippen MR) is 68.8 cm³/mol. The summed E-state index contributed by atoms with van der Waals surface area (Å²) in [7, 11) is 2.19. The van der Waals surface area contributed by atoms with E-state index in [0.29, 0.717) is 5.82 Å². The summed E-state index contributed by atoms with van der Waals surface area (Å²) in [6.07, 6.45) is 0.894. The molecule has 0 spiro atoms. The Hall–Kier alpha value is -0.505. The largest absolute Gasteiger partial charge is 0.461 e. The number of nitrogens with zero attached hydrogens (tertiary/aromatic N) is 1. The van der Waals surface area contributed by atoms with Crippen LogP contribution in [0.1, 0.15) is 48.0 Å². The van der Waals surface area contributed by atoms with Crippen LogP contribution in [0.15, 0.2) is 0 Å². The van der Waals surface area contributed by atoms with Crippen LogP contribution in [-0.2, 0) is 9.53 Å². The van der Waals surface area contributed by atoms with Crippen molar-refractivity contribution in [1.82, 2.24) is 4.81 Å². The highest BCUT2D eigenvalue weighted by molar-refractivity contribution is 6.35. The highest BCUT2D eigenvalue weighted by Crippen LogP contribution is 2.50. The number of carbonyl (C=O) groups is 1. The molecule has 2 rings (SSSR count). The molecule has 0 aromatic carbocycles. The second-order valence-electron chi connectivity index (χ2n) is 6.76. The van der Waals surface area contributed by atoms with E-state index in [-0.39, 0.29) is 29.1 Å². The van der Waals surface area contributed by atoms with Gasteiger partial charge in [-0.05, 0) is 13.8 Å². The first-order chi connectivity index (χ1) is 7.68. The van der Waals surface area contributed by atoms with Crippen LogP contribution in [0.2, 0.25) is 5.82 Å². The van der Waals surface area contributed by atoms with E-state index in [1.807, 2.05) is 0 Å². The van der Waals surface area contributed by atoms with Crippen LogP contribution in [-0.4, -0.2) is 35.9 Å². The molecule has 95 valence electrons. The number of hydrogen-bond acceptors (Lipinski definition) is 3. The molecule has 4 heteroatoms. The van der Waals surface area contributed by atoms with E-state index in [2.05, 4.69) is 53.8 Å². The quantitative estimate of drug-likeness (QED) is 0.544. The first-order valence-electron chi connectivity index (χ1n) is 6.52. The minimum atomic E-state index is -0.0783. The number of piperidine rings is 1. The molecule has 0 aromatic heterocycles. The standard InChI is InChI=1S/C13H23BNO2/c1-8(2)14-15-9-7-10(17-11(9)16)12(3,4)13(15,5)6/h8-10H,7H2,1-6H3. The van der Waals surface area contributed by atoms with Gasteiger partial charge in [0.15, 0.2) is 0 Å². The maximum Gasteiger partial charge on any atom is 0.322 e. The molecule has 0 amide bonds. The number of fused-ring (bicyclic) bond motifs is 2. The molecule has 0 N–H and O–H groups in total. The van der Waals surface area contributed by atoms with E-state index in [4.69, 9.17) is 4.74 Å². The fraction of sp³-hybridized carbons (Fsp3) is 0.923. The van der Waals surface area contributed by atoms with Crippen molar-refractivity contribution in [2.75, 3.05) is 0 Å². The smallest absolute Gasteiger partial charge is 0.322 e. The molecule has 0 aliphatic carbocycles. The number of rotatable bonds is 2. The Morgan fingerprint density at radius 1 is 1.35 bits per heavy atom. The molecule has 2 unspecified atom stereocenters. The van der Waals surface area contributed by atoms with Crippen molar-refractivity contribution in [2.45, 2.75) is 71.5 Å². The van der Waals surface area contributed by atoms with Gasteiger partial charge in [-0.3, -0.25) is 4.79 Å². The van der Waals surface area contributed by atoms with Crippen LogP contribution in [0.4, 0.5) is 0 Å². The van der Waals surface area contributed by atoms with Crippen molar-refractivity contribution in [3.8, 4) is 0 Å². The van der Waals surface area contributed by atoms with Crippen molar-refractivity contribution in [1.29, 1.82) is 0 Å². The number of hydrogen-bond donors (Lipinski definition) is 0. The molecule has 2 saturated heterocycles. The average molecular weight is 236 g/mol. The van der Waals surface area contributed by atoms with Gasteiger partial charge in [0.25, 0.3) is 0 Å². The van der Waals surface area contributed by atoms with E-state index in [1.54, 1.807) is 0 Å². The van der Waals surface area contributed by atoms with Crippen LogP contribution in [0.5, 0.6) is 0 Å². The Balaban J connectivity index is 2.37. The van der Waals surface area contributed by atoms with Crippen molar-refractivity contribution >= 4 is 13.4 Å². The second-order valence-corrected chi connectivity index (χ2v) is 6.76. The monoisotopic (exact) mass is 236 g/mol. The van der Waals surface area contributed by atoms with Crippen molar-refractivity contribution in [3.63, 3.8) is 0 Å². The van der Waals surface area contributed by atoms with Gasteiger partial charge in [0.1, 0.15) is 12.1 Å². The van der Waals surface area contributed by atoms with Gasteiger partial charge in [0.05, 0.1) is 0 Å². The summed E-state index contributed by atoms with van der Waals surface area (Å²) in [5.41, 5.74) is -0.0853. The third-order valence-electron chi connectivity index (χ3n) is 4.79. The summed E-state index contributed by atoms with van der Waals surface area (Å²) in [5.74, 6) is 0.389. The molecule has 0 aromatic rings. The van der Waals surface area contributed by atoms with E-state index in [9.17, 15) is 4.79 Å². The van der Waals surface area contributed by atoms with Crippen LogP contribution in [0.3, 0.4) is 0 Å². The fourth-order valence-corrected chi connectivity index (χ4v) is 2.96. The third-order valence-corrected chi connectivity index (χ3v) is 4.79. The molecular formula is C13H23BNO2. The van der Waals surface area contributed by atoms with Gasteiger partial charge in [0, 0.05) is 17.4 Å². The van der Waals surface area contributed by atoms with Crippen LogP contribution >= 0.6 is 0 Å². The van der Waals surface area contributed by atoms with Crippen LogP contribution < -0.4 is 0 Å². The lowest BCUT2D eigenvalue weighted by Gasteiger charge is -2.55. The highest BCUT2D eigenvalue weighted by Gasteiger charge is 2.60. The van der Waals surface area contributed by atoms with Gasteiger partial charge in [-0.2, -0.15) is 0 Å². The van der Waals surface area contributed by atoms with E-state index >= 15 is 0 Å². The van der Waals surface area contributed by atoms with Crippen LogP contribution in [0, 0.1) is 5.41 Å². The highest BCUT2D eigenvalue weighted by atomic mass is 16.6. The van der Waals surface area contributed by atoms with E-state index in [0.717, 1.165) is 6.42 Å². The lowest BCUT2D eigenvalue weighted by atomic mass is 9.59. The molecule has 1 radical (unpaired) electrons. The lowest BCUT2D eigenvalue weighted by molar-refractivity contribution is -0.145. The summed E-state index contributed by atoms with van der Waals surface area (Å²) in [4.78, 5) is 14.2. The summed E-state index contributed by atoms with van der Waals surface area (Å²) in [5, 5.41) is 0. The van der Waals surface area contributed by atoms with Gasteiger partial charge in [0.2, 0.25) is 7.41 Å². The van der Waals surface area contributed by atoms with E-state index < -0.39 is 0 Å². The number of ether oxygens (including phenoxy) is 1. The third kappa shape index (κ3) is 1.72. The topological polar surface area (TPSA) is 29.5 Å². The Bertz CT molecular complexity index is 338. The van der Waals surface area contributed by atoms with Gasteiger partial charge < -0.3 is 9.55 Å². The Labute approximate surface area is 105 Å². The first kappa shape index (κ1) is 12.9. The maximum atomic E-state index is 11.9. The molecular weight excluding hydrogens is 213 g/mol. The zero-order valence-electron chi connectivity index (χ0n) is 11.8. The molecule has 17 heavy (non-hydrogen) atoms. The Morgan fingerprint density at radius 2 is 1.94 bits per heavy atom. The minimum Gasteiger partial charge on any atom is -0.461 e. The second kappa shape index (κ2) is 3.74. The molecule has 2 bridgehead atoms. The normalized spacial score (nSPS) is 34.9. The molecule has 0 saturated carbocycles. The first-order valence-corrected chi connectivity index (χ1v) is 6.52. The zero-order chi connectivity index (χ0) is 13.0. The molecule has 2 atom stereocenters. The number of esters is 1. The fourth-order valence-electron chi connectivity index (χ4n) is 2.96. The SMILES string of the molecule is CC(C)[B]N1C2CC(OC2=O)C(C)(C)C1(C)C. The van der Waals surface area contributed by atoms with Gasteiger partial charge in [-0.15, -0.1) is 0 Å². The summed E-state index contributed by atoms with van der Waals surface area (Å²) >= 11 is 0. The summed E-state index contributed by atoms with van der Waals surface area (Å²) in [6, 6.07) is -0.0783. The number of carbonyl (C=O) groups excluding carboxylic acids is 1. The van der Waals surface area contributed by atoms with Gasteiger partial charge in [-0.25, -0.2) is 0 Å². The molecule has 3 nitrogen and oxygen atoms in total. The predicted octanol–water partition coefficient (Wildman–Crippen LogP) is 2.24. The molecule has 2 fully saturated rings. The average Bonchev–Trinajstić information content (AvgIpc) is 2.53.